The molecule has 3 nitrogen and oxygen atoms in total. The van der Waals surface area contributed by atoms with Gasteiger partial charge < -0.3 is 10.4 Å². The summed E-state index contributed by atoms with van der Waals surface area (Å²) >= 11 is 0. The van der Waals surface area contributed by atoms with Crippen LogP contribution < -0.4 is 5.32 Å². The van der Waals surface area contributed by atoms with Crippen LogP contribution in [0.4, 0.5) is 0 Å². The molecule has 0 radical (unpaired) electrons. The first-order valence-corrected chi connectivity index (χ1v) is 5.88. The standard InChI is InChI=1S/C11H22N2O/c1-9(8-14)6-12-10-4-5-13(7-10)11-2-3-11/h9-12,14H,2-8H2,1H3. The predicted molar refractivity (Wildman–Crippen MR) is 57.3 cm³/mol. The van der Waals surface area contributed by atoms with E-state index in [1.165, 1.54) is 32.4 Å². The van der Waals surface area contributed by atoms with E-state index in [1.54, 1.807) is 0 Å². The van der Waals surface area contributed by atoms with E-state index in [2.05, 4.69) is 17.1 Å². The number of rotatable bonds is 5. The van der Waals surface area contributed by atoms with Crippen LogP contribution in [0.3, 0.4) is 0 Å². The topological polar surface area (TPSA) is 35.5 Å². The Morgan fingerprint density at radius 3 is 2.86 bits per heavy atom. The molecule has 1 saturated carbocycles. The molecule has 0 aromatic rings. The quantitative estimate of drug-likeness (QED) is 0.673. The molecule has 0 spiro atoms. The highest BCUT2D eigenvalue weighted by Gasteiger charge is 2.34. The summed E-state index contributed by atoms with van der Waals surface area (Å²) in [5.41, 5.74) is 0. The Kier molecular flexibility index (Phi) is 3.42. The van der Waals surface area contributed by atoms with E-state index in [-0.39, 0.29) is 0 Å². The maximum Gasteiger partial charge on any atom is 0.0468 e. The molecule has 2 unspecified atom stereocenters. The number of hydrogen-bond acceptors (Lipinski definition) is 3. The first-order chi connectivity index (χ1) is 6.79. The van der Waals surface area contributed by atoms with Crippen LogP contribution in [0.2, 0.25) is 0 Å². The van der Waals surface area contributed by atoms with Crippen molar-refractivity contribution < 1.29 is 5.11 Å². The molecule has 1 saturated heterocycles. The number of aliphatic hydroxyl groups is 1. The zero-order valence-electron chi connectivity index (χ0n) is 9.08. The van der Waals surface area contributed by atoms with Crippen LogP contribution in [0.5, 0.6) is 0 Å². The second-order valence-corrected chi connectivity index (χ2v) is 4.91. The van der Waals surface area contributed by atoms with Crippen molar-refractivity contribution in [2.24, 2.45) is 5.92 Å². The molecule has 0 aromatic heterocycles. The Morgan fingerprint density at radius 1 is 1.43 bits per heavy atom. The summed E-state index contributed by atoms with van der Waals surface area (Å²) in [5.74, 6) is 0.393. The average Bonchev–Trinajstić information content (AvgIpc) is 2.95. The van der Waals surface area contributed by atoms with Gasteiger partial charge in [-0.15, -0.1) is 0 Å². The highest BCUT2D eigenvalue weighted by atomic mass is 16.3. The summed E-state index contributed by atoms with van der Waals surface area (Å²) < 4.78 is 0. The van der Waals surface area contributed by atoms with Gasteiger partial charge in [-0.2, -0.15) is 0 Å². The van der Waals surface area contributed by atoms with E-state index in [9.17, 15) is 0 Å². The molecule has 14 heavy (non-hydrogen) atoms. The van der Waals surface area contributed by atoms with Crippen LogP contribution in [-0.2, 0) is 0 Å². The Morgan fingerprint density at radius 2 is 2.21 bits per heavy atom. The van der Waals surface area contributed by atoms with Crippen LogP contribution in [-0.4, -0.2) is 48.3 Å². The lowest BCUT2D eigenvalue weighted by Crippen LogP contribution is -2.36. The number of nitrogens with one attached hydrogen (secondary N) is 1. The summed E-state index contributed by atoms with van der Waals surface area (Å²) in [6.45, 7) is 5.84. The predicted octanol–water partition coefficient (Wildman–Crippen LogP) is 0.441. The summed E-state index contributed by atoms with van der Waals surface area (Å²) in [6, 6.07) is 1.58. The van der Waals surface area contributed by atoms with Gasteiger partial charge in [-0.1, -0.05) is 6.92 Å². The fourth-order valence-electron chi connectivity index (χ4n) is 2.16. The Hall–Kier alpha value is -0.120. The van der Waals surface area contributed by atoms with Crippen LogP contribution in [0.15, 0.2) is 0 Å². The van der Waals surface area contributed by atoms with Crippen molar-refractivity contribution in [2.45, 2.75) is 38.3 Å². The lowest BCUT2D eigenvalue weighted by molar-refractivity contribution is 0.229. The molecular weight excluding hydrogens is 176 g/mol. The SMILES string of the molecule is CC(CO)CNC1CCN(C2CC2)C1. The number of hydrogen-bond donors (Lipinski definition) is 2. The molecule has 82 valence electrons. The Bertz CT molecular complexity index is 182. The van der Waals surface area contributed by atoms with Crippen molar-refractivity contribution in [3.05, 3.63) is 0 Å². The average molecular weight is 198 g/mol. The van der Waals surface area contributed by atoms with E-state index >= 15 is 0 Å². The third-order valence-electron chi connectivity index (χ3n) is 3.35. The van der Waals surface area contributed by atoms with Gasteiger partial charge in [-0.25, -0.2) is 0 Å². The minimum atomic E-state index is 0.298. The fourth-order valence-corrected chi connectivity index (χ4v) is 2.16. The normalized spacial score (nSPS) is 30.9. The number of aliphatic hydroxyl groups excluding tert-OH is 1. The molecule has 0 aromatic carbocycles. The van der Waals surface area contributed by atoms with Gasteiger partial charge in [0, 0.05) is 38.3 Å². The van der Waals surface area contributed by atoms with Gasteiger partial charge in [-0.3, -0.25) is 4.90 Å². The van der Waals surface area contributed by atoms with Gasteiger partial charge in [0.25, 0.3) is 0 Å². The number of likely N-dealkylation sites (tertiary alicyclic amines) is 1. The van der Waals surface area contributed by atoms with Crippen molar-refractivity contribution in [1.82, 2.24) is 10.2 Å². The van der Waals surface area contributed by atoms with Crippen molar-refractivity contribution in [1.29, 1.82) is 0 Å². The Labute approximate surface area is 86.5 Å². The third kappa shape index (κ3) is 2.69. The van der Waals surface area contributed by atoms with Gasteiger partial charge in [0.05, 0.1) is 0 Å². The smallest absolute Gasteiger partial charge is 0.0468 e. The molecule has 1 aliphatic carbocycles. The second-order valence-electron chi connectivity index (χ2n) is 4.91. The molecule has 1 aliphatic heterocycles. The number of nitrogens with zero attached hydrogens (tertiary/aromatic N) is 1. The molecule has 2 atom stereocenters. The van der Waals surface area contributed by atoms with Crippen LogP contribution in [0, 0.1) is 5.92 Å². The monoisotopic (exact) mass is 198 g/mol. The van der Waals surface area contributed by atoms with Crippen molar-refractivity contribution in [3.8, 4) is 0 Å². The molecule has 0 amide bonds. The second kappa shape index (κ2) is 4.60. The molecular formula is C11H22N2O. The summed E-state index contributed by atoms with van der Waals surface area (Å²) in [6.07, 6.45) is 4.12. The van der Waals surface area contributed by atoms with Crippen LogP contribution in [0.1, 0.15) is 26.2 Å². The van der Waals surface area contributed by atoms with Gasteiger partial charge >= 0.3 is 0 Å². The highest BCUT2D eigenvalue weighted by molar-refractivity contribution is 4.91. The molecule has 2 fully saturated rings. The third-order valence-corrected chi connectivity index (χ3v) is 3.35. The molecule has 2 N–H and O–H groups in total. The first-order valence-electron chi connectivity index (χ1n) is 5.88. The van der Waals surface area contributed by atoms with Crippen molar-refractivity contribution in [3.63, 3.8) is 0 Å². The van der Waals surface area contributed by atoms with Crippen molar-refractivity contribution in [2.75, 3.05) is 26.2 Å². The largest absolute Gasteiger partial charge is 0.396 e. The van der Waals surface area contributed by atoms with E-state index < -0.39 is 0 Å². The molecule has 3 heteroatoms. The summed E-state index contributed by atoms with van der Waals surface area (Å²) in [7, 11) is 0. The van der Waals surface area contributed by atoms with Gasteiger partial charge in [0.1, 0.15) is 0 Å². The summed E-state index contributed by atoms with van der Waals surface area (Å²) in [5, 5.41) is 12.5. The Balaban J connectivity index is 1.63. The first kappa shape index (κ1) is 10.4. The van der Waals surface area contributed by atoms with E-state index in [1.807, 2.05) is 0 Å². The van der Waals surface area contributed by atoms with E-state index in [4.69, 9.17) is 5.11 Å². The van der Waals surface area contributed by atoms with Gasteiger partial charge in [-0.05, 0) is 25.2 Å². The van der Waals surface area contributed by atoms with Gasteiger partial charge in [0.15, 0.2) is 0 Å². The van der Waals surface area contributed by atoms with Crippen LogP contribution >= 0.6 is 0 Å². The fraction of sp³-hybridized carbons (Fsp3) is 1.00. The zero-order chi connectivity index (χ0) is 9.97. The minimum Gasteiger partial charge on any atom is -0.396 e. The molecule has 2 rings (SSSR count). The van der Waals surface area contributed by atoms with Gasteiger partial charge in [0.2, 0.25) is 0 Å². The molecule has 1 heterocycles. The van der Waals surface area contributed by atoms with Crippen LogP contribution in [0.25, 0.3) is 0 Å². The maximum atomic E-state index is 8.91. The van der Waals surface area contributed by atoms with E-state index in [0.29, 0.717) is 18.6 Å². The minimum absolute atomic E-state index is 0.298. The maximum absolute atomic E-state index is 8.91. The summed E-state index contributed by atoms with van der Waals surface area (Å²) in [4.78, 5) is 2.61. The van der Waals surface area contributed by atoms with E-state index in [0.717, 1.165) is 12.6 Å². The highest BCUT2D eigenvalue weighted by Crippen LogP contribution is 2.29. The molecule has 2 aliphatic rings. The lowest BCUT2D eigenvalue weighted by Gasteiger charge is -2.17. The zero-order valence-corrected chi connectivity index (χ0v) is 9.08. The molecule has 0 bridgehead atoms. The van der Waals surface area contributed by atoms with Crippen molar-refractivity contribution >= 4 is 0 Å². The lowest BCUT2D eigenvalue weighted by atomic mass is 10.2.